The van der Waals surface area contributed by atoms with Crippen molar-refractivity contribution in [3.8, 4) is 0 Å². The summed E-state index contributed by atoms with van der Waals surface area (Å²) >= 11 is 6.92. The molecule has 4 atom stereocenters. The molecule has 2 fully saturated rings. The first-order chi connectivity index (χ1) is 8.95. The summed E-state index contributed by atoms with van der Waals surface area (Å²) in [5.74, 6) is 2.05. The van der Waals surface area contributed by atoms with Crippen LogP contribution in [0, 0.1) is 17.8 Å². The SMILES string of the molecule is C[C@@H](NS(=O)(=O)c1ccc(Cl)s1)[C@@H]1C[C@@H]2CC[C@H]1C2. The van der Waals surface area contributed by atoms with Gasteiger partial charge in [-0.05, 0) is 56.1 Å². The minimum Gasteiger partial charge on any atom is -0.207 e. The molecule has 1 N–H and O–H groups in total. The van der Waals surface area contributed by atoms with Crippen LogP contribution in [0.5, 0.6) is 0 Å². The molecule has 2 saturated carbocycles. The summed E-state index contributed by atoms with van der Waals surface area (Å²) in [5.41, 5.74) is 0. The predicted molar refractivity (Wildman–Crippen MR) is 78.1 cm³/mol. The van der Waals surface area contributed by atoms with Gasteiger partial charge in [0.05, 0.1) is 4.34 Å². The molecule has 0 unspecified atom stereocenters. The van der Waals surface area contributed by atoms with Crippen LogP contribution < -0.4 is 4.72 Å². The molecule has 0 amide bonds. The van der Waals surface area contributed by atoms with Crippen LogP contribution in [0.25, 0.3) is 0 Å². The molecule has 19 heavy (non-hydrogen) atoms. The maximum absolute atomic E-state index is 12.3. The second kappa shape index (κ2) is 5.02. The number of nitrogens with one attached hydrogen (secondary N) is 1. The third kappa shape index (κ3) is 2.71. The summed E-state index contributed by atoms with van der Waals surface area (Å²) in [7, 11) is -3.41. The van der Waals surface area contributed by atoms with E-state index in [1.54, 1.807) is 12.1 Å². The summed E-state index contributed by atoms with van der Waals surface area (Å²) in [6.07, 6.45) is 5.08. The van der Waals surface area contributed by atoms with Gasteiger partial charge in [0.15, 0.2) is 0 Å². The van der Waals surface area contributed by atoms with Gasteiger partial charge in [-0.15, -0.1) is 11.3 Å². The van der Waals surface area contributed by atoms with E-state index in [1.807, 2.05) is 6.92 Å². The quantitative estimate of drug-likeness (QED) is 0.923. The molecule has 2 aliphatic carbocycles. The molecule has 0 saturated heterocycles. The molecule has 2 bridgehead atoms. The Labute approximate surface area is 123 Å². The lowest BCUT2D eigenvalue weighted by Gasteiger charge is -2.28. The van der Waals surface area contributed by atoms with Gasteiger partial charge in [-0.2, -0.15) is 0 Å². The Morgan fingerprint density at radius 2 is 2.16 bits per heavy atom. The first-order valence-electron chi connectivity index (χ1n) is 6.73. The van der Waals surface area contributed by atoms with Crippen LogP contribution in [-0.2, 0) is 10.0 Å². The zero-order valence-electron chi connectivity index (χ0n) is 10.8. The zero-order valence-corrected chi connectivity index (χ0v) is 13.2. The lowest BCUT2D eigenvalue weighted by molar-refractivity contribution is 0.280. The van der Waals surface area contributed by atoms with E-state index in [0.717, 1.165) is 23.2 Å². The third-order valence-corrected chi connectivity index (χ3v) is 7.87. The Hall–Kier alpha value is -0.100. The molecule has 1 heterocycles. The van der Waals surface area contributed by atoms with Crippen molar-refractivity contribution >= 4 is 33.0 Å². The molecule has 2 aliphatic rings. The Balaban J connectivity index is 1.71. The van der Waals surface area contributed by atoms with Crippen LogP contribution in [0.4, 0.5) is 0 Å². The second-order valence-electron chi connectivity index (χ2n) is 5.81. The largest absolute Gasteiger partial charge is 0.250 e. The molecule has 0 aliphatic heterocycles. The molecule has 1 aromatic rings. The fourth-order valence-electron chi connectivity index (χ4n) is 3.74. The molecular weight excluding hydrogens is 302 g/mol. The van der Waals surface area contributed by atoms with Crippen LogP contribution in [0.1, 0.15) is 32.6 Å². The van der Waals surface area contributed by atoms with E-state index < -0.39 is 10.0 Å². The minimum absolute atomic E-state index is 0.0150. The normalized spacial score (nSPS) is 31.8. The first kappa shape index (κ1) is 13.9. The molecule has 0 spiro atoms. The van der Waals surface area contributed by atoms with Gasteiger partial charge < -0.3 is 0 Å². The fourth-order valence-corrected chi connectivity index (χ4v) is 6.53. The zero-order chi connectivity index (χ0) is 13.6. The van der Waals surface area contributed by atoms with Crippen LogP contribution in [0.3, 0.4) is 0 Å². The van der Waals surface area contributed by atoms with Crippen molar-refractivity contribution in [2.24, 2.45) is 17.8 Å². The van der Waals surface area contributed by atoms with Crippen molar-refractivity contribution in [2.75, 3.05) is 0 Å². The Kier molecular flexibility index (Phi) is 3.67. The fraction of sp³-hybridized carbons (Fsp3) is 0.692. The number of fused-ring (bicyclic) bond motifs is 2. The van der Waals surface area contributed by atoms with E-state index in [0.29, 0.717) is 14.5 Å². The van der Waals surface area contributed by atoms with E-state index in [4.69, 9.17) is 11.6 Å². The maximum atomic E-state index is 12.3. The summed E-state index contributed by atoms with van der Waals surface area (Å²) in [5, 5.41) is 0. The van der Waals surface area contributed by atoms with Gasteiger partial charge in [-0.1, -0.05) is 18.0 Å². The van der Waals surface area contributed by atoms with Crippen molar-refractivity contribution in [2.45, 2.75) is 42.9 Å². The number of thiophene rings is 1. The Morgan fingerprint density at radius 1 is 1.37 bits per heavy atom. The lowest BCUT2D eigenvalue weighted by Crippen LogP contribution is -2.39. The van der Waals surface area contributed by atoms with E-state index >= 15 is 0 Å². The highest BCUT2D eigenvalue weighted by atomic mass is 35.5. The smallest absolute Gasteiger partial charge is 0.207 e. The number of hydrogen-bond donors (Lipinski definition) is 1. The monoisotopic (exact) mass is 319 g/mol. The van der Waals surface area contributed by atoms with Gasteiger partial charge >= 0.3 is 0 Å². The van der Waals surface area contributed by atoms with Crippen molar-refractivity contribution < 1.29 is 8.42 Å². The van der Waals surface area contributed by atoms with Gasteiger partial charge in [0, 0.05) is 6.04 Å². The highest BCUT2D eigenvalue weighted by Crippen LogP contribution is 2.49. The number of rotatable bonds is 4. The van der Waals surface area contributed by atoms with Crippen LogP contribution in [0.2, 0.25) is 4.34 Å². The highest BCUT2D eigenvalue weighted by molar-refractivity contribution is 7.91. The lowest BCUT2D eigenvalue weighted by atomic mass is 9.84. The van der Waals surface area contributed by atoms with Crippen molar-refractivity contribution in [1.29, 1.82) is 0 Å². The molecule has 1 aromatic heterocycles. The topological polar surface area (TPSA) is 46.2 Å². The van der Waals surface area contributed by atoms with Crippen molar-refractivity contribution in [3.05, 3.63) is 16.5 Å². The number of sulfonamides is 1. The molecular formula is C13H18ClNO2S2. The van der Waals surface area contributed by atoms with Gasteiger partial charge in [-0.25, -0.2) is 13.1 Å². The predicted octanol–water partition coefficient (Wildman–Crippen LogP) is 3.50. The van der Waals surface area contributed by atoms with Crippen molar-refractivity contribution in [1.82, 2.24) is 4.72 Å². The van der Waals surface area contributed by atoms with E-state index in [2.05, 4.69) is 4.72 Å². The van der Waals surface area contributed by atoms with E-state index in [-0.39, 0.29) is 6.04 Å². The average Bonchev–Trinajstić information content (AvgIpc) is 3.02. The summed E-state index contributed by atoms with van der Waals surface area (Å²) < 4.78 is 28.2. The molecule has 0 radical (unpaired) electrons. The summed E-state index contributed by atoms with van der Waals surface area (Å²) in [6, 6.07) is 3.22. The molecule has 0 aromatic carbocycles. The Bertz CT molecular complexity index is 569. The molecule has 3 nitrogen and oxygen atoms in total. The molecule has 6 heteroatoms. The third-order valence-electron chi connectivity index (χ3n) is 4.59. The number of halogens is 1. The average molecular weight is 320 g/mol. The maximum Gasteiger partial charge on any atom is 0.250 e. The van der Waals surface area contributed by atoms with Crippen LogP contribution in [-0.4, -0.2) is 14.5 Å². The van der Waals surface area contributed by atoms with Gasteiger partial charge in [0.25, 0.3) is 0 Å². The summed E-state index contributed by atoms with van der Waals surface area (Å²) in [6.45, 7) is 2.00. The standard InChI is InChI=1S/C13H18ClNO2S2/c1-8(11-7-9-2-3-10(11)6-9)15-19(16,17)13-5-4-12(14)18-13/h4-5,8-11,15H,2-3,6-7H2,1H3/t8-,9-,10+,11+/m1/s1. The van der Waals surface area contributed by atoms with Gasteiger partial charge in [-0.3, -0.25) is 0 Å². The van der Waals surface area contributed by atoms with Gasteiger partial charge in [0.2, 0.25) is 10.0 Å². The number of hydrogen-bond acceptors (Lipinski definition) is 3. The minimum atomic E-state index is -3.41. The Morgan fingerprint density at radius 3 is 2.68 bits per heavy atom. The second-order valence-corrected chi connectivity index (χ2v) is 9.46. The van der Waals surface area contributed by atoms with E-state index in [1.165, 1.54) is 25.7 Å². The van der Waals surface area contributed by atoms with E-state index in [9.17, 15) is 8.42 Å². The van der Waals surface area contributed by atoms with Crippen LogP contribution in [0.15, 0.2) is 16.3 Å². The summed E-state index contributed by atoms with van der Waals surface area (Å²) in [4.78, 5) is 0. The molecule has 3 rings (SSSR count). The highest BCUT2D eigenvalue weighted by Gasteiger charge is 2.42. The van der Waals surface area contributed by atoms with Gasteiger partial charge in [0.1, 0.15) is 4.21 Å². The van der Waals surface area contributed by atoms with Crippen LogP contribution >= 0.6 is 22.9 Å². The van der Waals surface area contributed by atoms with Crippen molar-refractivity contribution in [3.63, 3.8) is 0 Å². The first-order valence-corrected chi connectivity index (χ1v) is 9.41. The molecule has 106 valence electrons.